The van der Waals surface area contributed by atoms with Crippen LogP contribution in [0.15, 0.2) is 0 Å². The molecule has 1 aliphatic rings. The predicted octanol–water partition coefficient (Wildman–Crippen LogP) is 1.01. The van der Waals surface area contributed by atoms with Crippen molar-refractivity contribution in [2.24, 2.45) is 0 Å². The Hall–Kier alpha value is -0.430. The van der Waals surface area contributed by atoms with Crippen LogP contribution >= 0.6 is 12.6 Å². The average molecular weight is 256 g/mol. The Balaban J connectivity index is 2.37. The molecule has 1 rings (SSSR count). The Kier molecular flexibility index (Phi) is 4.49. The van der Waals surface area contributed by atoms with Crippen molar-refractivity contribution in [2.45, 2.75) is 18.3 Å². The monoisotopic (exact) mass is 256 g/mol. The van der Waals surface area contributed by atoms with Crippen LogP contribution < -0.4 is 0 Å². The summed E-state index contributed by atoms with van der Waals surface area (Å²) in [6, 6.07) is 0. The van der Waals surface area contributed by atoms with Crippen LogP contribution in [0.5, 0.6) is 0 Å². The van der Waals surface area contributed by atoms with Gasteiger partial charge in [0.2, 0.25) is 5.91 Å². The molecule has 1 unspecified atom stereocenters. The molecule has 0 aromatic heterocycles. The van der Waals surface area contributed by atoms with Crippen LogP contribution in [0.25, 0.3) is 0 Å². The first-order chi connectivity index (χ1) is 7.29. The van der Waals surface area contributed by atoms with Gasteiger partial charge in [0.05, 0.1) is 11.8 Å². The van der Waals surface area contributed by atoms with Crippen molar-refractivity contribution >= 4 is 18.5 Å². The van der Waals surface area contributed by atoms with Crippen LogP contribution in [0.4, 0.5) is 13.2 Å². The molecule has 1 amide bonds. The zero-order chi connectivity index (χ0) is 12.3. The van der Waals surface area contributed by atoms with E-state index in [0.29, 0.717) is 13.1 Å². The van der Waals surface area contributed by atoms with E-state index >= 15 is 0 Å². The summed E-state index contributed by atoms with van der Waals surface area (Å²) in [6.45, 7) is 2.00. The van der Waals surface area contributed by atoms with Crippen LogP contribution in [0, 0.1) is 0 Å². The van der Waals surface area contributed by atoms with Gasteiger partial charge < -0.3 is 4.90 Å². The van der Waals surface area contributed by atoms with Gasteiger partial charge in [-0.25, -0.2) is 0 Å². The lowest BCUT2D eigenvalue weighted by Gasteiger charge is -2.35. The molecule has 7 heteroatoms. The van der Waals surface area contributed by atoms with Gasteiger partial charge in [0.25, 0.3) is 0 Å². The third-order valence-corrected chi connectivity index (χ3v) is 2.67. The van der Waals surface area contributed by atoms with E-state index in [-0.39, 0.29) is 19.0 Å². The highest BCUT2D eigenvalue weighted by Gasteiger charge is 2.33. The summed E-state index contributed by atoms with van der Waals surface area (Å²) < 4.78 is 36.3. The Labute approximate surface area is 98.0 Å². The van der Waals surface area contributed by atoms with E-state index in [4.69, 9.17) is 0 Å². The Morgan fingerprint density at radius 3 is 2.19 bits per heavy atom. The number of alkyl halides is 3. The molecule has 0 radical (unpaired) electrons. The number of thiol groups is 1. The summed E-state index contributed by atoms with van der Waals surface area (Å²) in [4.78, 5) is 14.4. The largest absolute Gasteiger partial charge is 0.401 e. The van der Waals surface area contributed by atoms with E-state index in [2.05, 4.69) is 12.6 Å². The Morgan fingerprint density at radius 2 is 1.81 bits per heavy atom. The third-order valence-electron chi connectivity index (χ3n) is 2.44. The molecule has 1 atom stereocenters. The highest BCUT2D eigenvalue weighted by atomic mass is 32.1. The lowest BCUT2D eigenvalue weighted by molar-refractivity contribution is -0.151. The molecule has 0 aliphatic carbocycles. The molecule has 1 heterocycles. The molecule has 94 valence electrons. The maximum absolute atomic E-state index is 12.1. The van der Waals surface area contributed by atoms with Gasteiger partial charge in [-0.15, -0.1) is 0 Å². The van der Waals surface area contributed by atoms with Crippen molar-refractivity contribution in [1.29, 1.82) is 0 Å². The molecular formula is C9H15F3N2OS. The SMILES string of the molecule is CC(S)C(=O)N1CCN(CC(F)(F)F)CC1. The molecule has 1 aliphatic heterocycles. The number of hydrogen-bond acceptors (Lipinski definition) is 3. The first-order valence-corrected chi connectivity index (χ1v) is 5.57. The van der Waals surface area contributed by atoms with Gasteiger partial charge in [0.1, 0.15) is 0 Å². The van der Waals surface area contributed by atoms with E-state index in [0.717, 1.165) is 0 Å². The van der Waals surface area contributed by atoms with Crippen LogP contribution in [-0.2, 0) is 4.79 Å². The van der Waals surface area contributed by atoms with Crippen molar-refractivity contribution < 1.29 is 18.0 Å². The molecule has 1 saturated heterocycles. The molecule has 1 fully saturated rings. The first kappa shape index (κ1) is 13.6. The van der Waals surface area contributed by atoms with Crippen molar-refractivity contribution in [3.8, 4) is 0 Å². The minimum absolute atomic E-state index is 0.116. The fraction of sp³-hybridized carbons (Fsp3) is 0.889. The summed E-state index contributed by atoms with van der Waals surface area (Å²) in [5.74, 6) is -0.116. The summed E-state index contributed by atoms with van der Waals surface area (Å²) in [6.07, 6.45) is -4.16. The van der Waals surface area contributed by atoms with Gasteiger partial charge in [-0.05, 0) is 6.92 Å². The number of halogens is 3. The Morgan fingerprint density at radius 1 is 1.31 bits per heavy atom. The van der Waals surface area contributed by atoms with E-state index in [9.17, 15) is 18.0 Å². The molecule has 0 spiro atoms. The van der Waals surface area contributed by atoms with Crippen molar-refractivity contribution in [2.75, 3.05) is 32.7 Å². The zero-order valence-corrected chi connectivity index (χ0v) is 9.89. The quantitative estimate of drug-likeness (QED) is 0.745. The third kappa shape index (κ3) is 4.21. The minimum atomic E-state index is -4.16. The van der Waals surface area contributed by atoms with Crippen LogP contribution in [0.1, 0.15) is 6.92 Å². The highest BCUT2D eigenvalue weighted by molar-refractivity contribution is 7.81. The summed E-state index contributed by atoms with van der Waals surface area (Å²) in [5.41, 5.74) is 0. The second-order valence-electron chi connectivity index (χ2n) is 3.89. The second-order valence-corrected chi connectivity index (χ2v) is 4.67. The van der Waals surface area contributed by atoms with Gasteiger partial charge in [-0.3, -0.25) is 9.69 Å². The molecule has 0 saturated carbocycles. The number of amides is 1. The van der Waals surface area contributed by atoms with E-state index in [1.807, 2.05) is 0 Å². The van der Waals surface area contributed by atoms with Crippen molar-refractivity contribution in [1.82, 2.24) is 9.80 Å². The fourth-order valence-corrected chi connectivity index (χ4v) is 1.81. The minimum Gasteiger partial charge on any atom is -0.339 e. The van der Waals surface area contributed by atoms with Crippen LogP contribution in [0.2, 0.25) is 0 Å². The van der Waals surface area contributed by atoms with E-state index in [1.54, 1.807) is 11.8 Å². The Bertz CT molecular complexity index is 250. The number of nitrogens with zero attached hydrogens (tertiary/aromatic N) is 2. The van der Waals surface area contributed by atoms with E-state index in [1.165, 1.54) is 4.90 Å². The molecule has 0 bridgehead atoms. The zero-order valence-electron chi connectivity index (χ0n) is 9.00. The lowest BCUT2D eigenvalue weighted by Crippen LogP contribution is -2.52. The first-order valence-electron chi connectivity index (χ1n) is 5.05. The smallest absolute Gasteiger partial charge is 0.339 e. The molecule has 0 aromatic carbocycles. The van der Waals surface area contributed by atoms with Gasteiger partial charge in [0.15, 0.2) is 0 Å². The van der Waals surface area contributed by atoms with Crippen LogP contribution in [-0.4, -0.2) is 59.9 Å². The summed E-state index contributed by atoms with van der Waals surface area (Å²) in [7, 11) is 0. The van der Waals surface area contributed by atoms with Crippen LogP contribution in [0.3, 0.4) is 0 Å². The van der Waals surface area contributed by atoms with Crippen molar-refractivity contribution in [3.05, 3.63) is 0 Å². The van der Waals surface area contributed by atoms with Gasteiger partial charge >= 0.3 is 6.18 Å². The van der Waals surface area contributed by atoms with Crippen molar-refractivity contribution in [3.63, 3.8) is 0 Å². The number of rotatable bonds is 2. The molecule has 0 aromatic rings. The summed E-state index contributed by atoms with van der Waals surface area (Å²) in [5, 5.41) is -0.394. The van der Waals surface area contributed by atoms with E-state index < -0.39 is 18.0 Å². The van der Waals surface area contributed by atoms with Gasteiger partial charge in [-0.1, -0.05) is 0 Å². The van der Waals surface area contributed by atoms with Gasteiger partial charge in [0, 0.05) is 26.2 Å². The number of carbonyl (C=O) groups excluding carboxylic acids is 1. The summed E-state index contributed by atoms with van der Waals surface area (Å²) >= 11 is 4.01. The maximum atomic E-state index is 12.1. The molecule has 3 nitrogen and oxygen atoms in total. The highest BCUT2D eigenvalue weighted by Crippen LogP contribution is 2.17. The average Bonchev–Trinajstić information content (AvgIpc) is 2.15. The number of hydrogen-bond donors (Lipinski definition) is 1. The predicted molar refractivity (Wildman–Crippen MR) is 57.5 cm³/mol. The molecular weight excluding hydrogens is 241 g/mol. The number of piperazine rings is 1. The lowest BCUT2D eigenvalue weighted by atomic mass is 10.3. The topological polar surface area (TPSA) is 23.6 Å². The standard InChI is InChI=1S/C9H15F3N2OS/c1-7(16)8(15)14-4-2-13(3-5-14)6-9(10,11)12/h7,16H,2-6H2,1H3. The fourth-order valence-electron chi connectivity index (χ4n) is 1.64. The second kappa shape index (κ2) is 5.27. The molecule has 16 heavy (non-hydrogen) atoms. The maximum Gasteiger partial charge on any atom is 0.401 e. The number of carbonyl (C=O) groups is 1. The van der Waals surface area contributed by atoms with Gasteiger partial charge in [-0.2, -0.15) is 25.8 Å². The normalized spacial score (nSPS) is 20.9. The molecule has 0 N–H and O–H groups in total.